The molecule has 0 spiro atoms. The highest BCUT2D eigenvalue weighted by Crippen LogP contribution is 2.21. The maximum Gasteiger partial charge on any atom is 0.251 e. The Labute approximate surface area is 170 Å². The smallest absolute Gasteiger partial charge is 0.251 e. The number of hydrogen-bond acceptors (Lipinski definition) is 5. The minimum absolute atomic E-state index is 0.0951. The summed E-state index contributed by atoms with van der Waals surface area (Å²) in [5.41, 5.74) is 3.18. The number of hydrogen-bond donors (Lipinski definition) is 2. The largest absolute Gasteiger partial charge is 0.497 e. The van der Waals surface area contributed by atoms with E-state index in [1.165, 1.54) is 0 Å². The van der Waals surface area contributed by atoms with Gasteiger partial charge in [-0.05, 0) is 35.9 Å². The molecule has 0 atom stereocenters. The molecule has 0 radical (unpaired) electrons. The number of benzene rings is 2. The number of aliphatic hydroxyl groups excluding tert-OH is 1. The monoisotopic (exact) mass is 392 g/mol. The first-order chi connectivity index (χ1) is 14.2. The molecule has 29 heavy (non-hydrogen) atoms. The van der Waals surface area contributed by atoms with E-state index in [2.05, 4.69) is 10.3 Å². The van der Waals surface area contributed by atoms with Gasteiger partial charge in [0.1, 0.15) is 5.75 Å². The Morgan fingerprint density at radius 1 is 1.07 bits per heavy atom. The van der Waals surface area contributed by atoms with Crippen molar-refractivity contribution in [2.45, 2.75) is 6.42 Å². The molecule has 1 heterocycles. The molecule has 0 bridgehead atoms. The van der Waals surface area contributed by atoms with Crippen LogP contribution in [-0.2, 0) is 6.42 Å². The molecule has 1 amide bonds. The molecule has 3 aromatic rings. The molecule has 0 saturated heterocycles. The van der Waals surface area contributed by atoms with Gasteiger partial charge in [0, 0.05) is 30.2 Å². The zero-order valence-electron chi connectivity index (χ0n) is 16.3. The van der Waals surface area contributed by atoms with Crippen LogP contribution in [0.1, 0.15) is 15.9 Å². The molecule has 0 unspecified atom stereocenters. The van der Waals surface area contributed by atoms with Crippen molar-refractivity contribution >= 4 is 5.91 Å². The maximum atomic E-state index is 12.1. The SMILES string of the molecule is COc1cccc(CCOc2cccc(-c3cccc(C(=O)NCCO)c3)n2)c1. The fourth-order valence-corrected chi connectivity index (χ4v) is 2.85. The quantitative estimate of drug-likeness (QED) is 0.585. The highest BCUT2D eigenvalue weighted by molar-refractivity contribution is 5.95. The zero-order chi connectivity index (χ0) is 20.5. The Morgan fingerprint density at radius 3 is 2.72 bits per heavy atom. The average Bonchev–Trinajstić information content (AvgIpc) is 2.78. The van der Waals surface area contributed by atoms with Gasteiger partial charge in [-0.15, -0.1) is 0 Å². The number of pyridine rings is 1. The van der Waals surface area contributed by atoms with Gasteiger partial charge in [0.05, 0.1) is 26.0 Å². The van der Waals surface area contributed by atoms with Crippen LogP contribution in [0.3, 0.4) is 0 Å². The van der Waals surface area contributed by atoms with Crippen LogP contribution >= 0.6 is 0 Å². The number of aromatic nitrogens is 1. The van der Waals surface area contributed by atoms with Crippen LogP contribution in [0.2, 0.25) is 0 Å². The van der Waals surface area contributed by atoms with Crippen LogP contribution in [0.25, 0.3) is 11.3 Å². The van der Waals surface area contributed by atoms with E-state index in [0.717, 1.165) is 29.0 Å². The summed E-state index contributed by atoms with van der Waals surface area (Å²) in [4.78, 5) is 16.7. The van der Waals surface area contributed by atoms with Gasteiger partial charge >= 0.3 is 0 Å². The van der Waals surface area contributed by atoms with E-state index in [0.29, 0.717) is 18.1 Å². The first kappa shape index (κ1) is 20.4. The van der Waals surface area contributed by atoms with E-state index in [-0.39, 0.29) is 19.1 Å². The second-order valence-corrected chi connectivity index (χ2v) is 6.37. The molecule has 6 nitrogen and oxygen atoms in total. The van der Waals surface area contributed by atoms with E-state index >= 15 is 0 Å². The summed E-state index contributed by atoms with van der Waals surface area (Å²) in [7, 11) is 1.65. The Balaban J connectivity index is 1.65. The molecule has 0 aliphatic carbocycles. The van der Waals surface area contributed by atoms with Gasteiger partial charge in [-0.3, -0.25) is 4.79 Å². The summed E-state index contributed by atoms with van der Waals surface area (Å²) in [6.45, 7) is 0.618. The third kappa shape index (κ3) is 5.80. The molecule has 3 rings (SSSR count). The lowest BCUT2D eigenvalue weighted by Gasteiger charge is -2.09. The number of aliphatic hydroxyl groups is 1. The number of nitrogens with zero attached hydrogens (tertiary/aromatic N) is 1. The van der Waals surface area contributed by atoms with Crippen molar-refractivity contribution in [2.75, 3.05) is 26.9 Å². The highest BCUT2D eigenvalue weighted by atomic mass is 16.5. The second-order valence-electron chi connectivity index (χ2n) is 6.37. The van der Waals surface area contributed by atoms with Crippen LogP contribution in [0.4, 0.5) is 0 Å². The molecule has 2 aromatic carbocycles. The Bertz CT molecular complexity index is 959. The number of amides is 1. The van der Waals surface area contributed by atoms with E-state index in [4.69, 9.17) is 14.6 Å². The van der Waals surface area contributed by atoms with Crippen molar-refractivity contribution in [3.05, 3.63) is 77.9 Å². The highest BCUT2D eigenvalue weighted by Gasteiger charge is 2.08. The molecule has 0 saturated carbocycles. The maximum absolute atomic E-state index is 12.1. The number of nitrogens with one attached hydrogen (secondary N) is 1. The molecule has 6 heteroatoms. The van der Waals surface area contributed by atoms with Gasteiger partial charge in [0.15, 0.2) is 0 Å². The van der Waals surface area contributed by atoms with Gasteiger partial charge in [-0.25, -0.2) is 4.98 Å². The standard InChI is InChI=1S/C23H24N2O4/c1-28-20-8-2-5-17(15-20)11-14-29-22-10-4-9-21(25-22)18-6-3-7-19(16-18)23(27)24-12-13-26/h2-10,15-16,26H,11-14H2,1H3,(H,24,27). The van der Waals surface area contributed by atoms with Crippen LogP contribution in [0.15, 0.2) is 66.7 Å². The third-order valence-electron chi connectivity index (χ3n) is 4.32. The first-order valence-corrected chi connectivity index (χ1v) is 9.42. The van der Waals surface area contributed by atoms with E-state index in [1.807, 2.05) is 48.5 Å². The van der Waals surface area contributed by atoms with E-state index in [9.17, 15) is 4.79 Å². The molecule has 0 fully saturated rings. The van der Waals surface area contributed by atoms with Crippen molar-refractivity contribution in [2.24, 2.45) is 0 Å². The van der Waals surface area contributed by atoms with Gasteiger partial charge < -0.3 is 19.9 Å². The summed E-state index contributed by atoms with van der Waals surface area (Å²) < 4.78 is 11.1. The second kappa shape index (κ2) is 10.2. The normalized spacial score (nSPS) is 10.4. The third-order valence-corrected chi connectivity index (χ3v) is 4.32. The minimum Gasteiger partial charge on any atom is -0.497 e. The number of methoxy groups -OCH3 is 1. The number of carbonyl (C=O) groups is 1. The molecule has 0 aliphatic heterocycles. The summed E-state index contributed by atoms with van der Waals surface area (Å²) in [6.07, 6.45) is 0.740. The summed E-state index contributed by atoms with van der Waals surface area (Å²) >= 11 is 0. The lowest BCUT2D eigenvalue weighted by Crippen LogP contribution is -2.26. The van der Waals surface area contributed by atoms with Crippen LogP contribution in [0.5, 0.6) is 11.6 Å². The minimum atomic E-state index is -0.230. The fourth-order valence-electron chi connectivity index (χ4n) is 2.85. The van der Waals surface area contributed by atoms with Gasteiger partial charge in [0.25, 0.3) is 5.91 Å². The predicted molar refractivity (Wildman–Crippen MR) is 111 cm³/mol. The van der Waals surface area contributed by atoms with Crippen molar-refractivity contribution in [1.29, 1.82) is 0 Å². The van der Waals surface area contributed by atoms with Crippen LogP contribution in [-0.4, -0.2) is 42.9 Å². The van der Waals surface area contributed by atoms with E-state index < -0.39 is 0 Å². The number of carbonyl (C=O) groups excluding carboxylic acids is 1. The molecule has 2 N–H and O–H groups in total. The molecule has 150 valence electrons. The van der Waals surface area contributed by atoms with E-state index in [1.54, 1.807) is 25.3 Å². The van der Waals surface area contributed by atoms with Gasteiger partial charge in [-0.1, -0.05) is 30.3 Å². The van der Waals surface area contributed by atoms with Crippen molar-refractivity contribution in [3.8, 4) is 22.9 Å². The molecule has 0 aliphatic rings. The molecular formula is C23H24N2O4. The van der Waals surface area contributed by atoms with Gasteiger partial charge in [-0.2, -0.15) is 0 Å². The molecular weight excluding hydrogens is 368 g/mol. The van der Waals surface area contributed by atoms with Crippen LogP contribution < -0.4 is 14.8 Å². The number of ether oxygens (including phenoxy) is 2. The zero-order valence-corrected chi connectivity index (χ0v) is 16.3. The average molecular weight is 392 g/mol. The molecule has 1 aromatic heterocycles. The topological polar surface area (TPSA) is 80.7 Å². The van der Waals surface area contributed by atoms with Crippen molar-refractivity contribution in [3.63, 3.8) is 0 Å². The summed E-state index contributed by atoms with van der Waals surface area (Å²) in [6, 6.07) is 20.6. The fraction of sp³-hybridized carbons (Fsp3) is 0.217. The Morgan fingerprint density at radius 2 is 1.90 bits per heavy atom. The van der Waals surface area contributed by atoms with Crippen molar-refractivity contribution in [1.82, 2.24) is 10.3 Å². The number of rotatable bonds is 9. The predicted octanol–water partition coefficient (Wildman–Crippen LogP) is 3.10. The lowest BCUT2D eigenvalue weighted by atomic mass is 10.1. The summed E-state index contributed by atoms with van der Waals surface area (Å²) in [5, 5.41) is 11.5. The Kier molecular flexibility index (Phi) is 7.19. The van der Waals surface area contributed by atoms with Crippen molar-refractivity contribution < 1.29 is 19.4 Å². The van der Waals surface area contributed by atoms with Gasteiger partial charge in [0.2, 0.25) is 5.88 Å². The Hall–Kier alpha value is -3.38. The van der Waals surface area contributed by atoms with Crippen LogP contribution in [0, 0.1) is 0 Å². The summed E-state index contributed by atoms with van der Waals surface area (Å²) in [5.74, 6) is 1.12. The lowest BCUT2D eigenvalue weighted by molar-refractivity contribution is 0.0945. The first-order valence-electron chi connectivity index (χ1n) is 9.42.